The fraction of sp³-hybridized carbons (Fsp3) is 0.429. The lowest BCUT2D eigenvalue weighted by Gasteiger charge is -2.04. The molecule has 1 aliphatic carbocycles. The number of nitrogens with zero attached hydrogens (tertiary/aromatic N) is 1. The third-order valence-electron chi connectivity index (χ3n) is 6.26. The van der Waals surface area contributed by atoms with Crippen molar-refractivity contribution in [1.29, 1.82) is 0 Å². The van der Waals surface area contributed by atoms with E-state index in [0.717, 1.165) is 13.0 Å². The predicted octanol–water partition coefficient (Wildman–Crippen LogP) is 4.73. The zero-order valence-corrected chi connectivity index (χ0v) is 14.6. The molecule has 2 heteroatoms. The molecule has 2 nitrogen and oxygen atoms in total. The average Bonchev–Trinajstić information content (AvgIpc) is 2.96. The molecule has 23 heavy (non-hydrogen) atoms. The molecule has 120 valence electrons. The van der Waals surface area contributed by atoms with Gasteiger partial charge in [-0.15, -0.1) is 0 Å². The van der Waals surface area contributed by atoms with Gasteiger partial charge in [0.15, 0.2) is 0 Å². The van der Waals surface area contributed by atoms with Gasteiger partial charge in [-0.2, -0.15) is 0 Å². The van der Waals surface area contributed by atoms with Gasteiger partial charge in [0.05, 0.1) is 5.52 Å². The summed E-state index contributed by atoms with van der Waals surface area (Å²) in [6, 6.07) is 13.3. The van der Waals surface area contributed by atoms with Crippen molar-refractivity contribution in [3.05, 3.63) is 47.7 Å². The van der Waals surface area contributed by atoms with E-state index < -0.39 is 0 Å². The van der Waals surface area contributed by atoms with Crippen molar-refractivity contribution >= 4 is 21.7 Å². The van der Waals surface area contributed by atoms with Crippen molar-refractivity contribution in [3.8, 4) is 0 Å². The maximum atomic E-state index is 5.86. The maximum absolute atomic E-state index is 5.86. The van der Waals surface area contributed by atoms with Gasteiger partial charge >= 0.3 is 0 Å². The van der Waals surface area contributed by atoms with Crippen LogP contribution in [0.1, 0.15) is 37.4 Å². The minimum atomic E-state index is 0.365. The second kappa shape index (κ2) is 4.85. The van der Waals surface area contributed by atoms with Crippen LogP contribution in [0.2, 0.25) is 0 Å². The summed E-state index contributed by atoms with van der Waals surface area (Å²) in [7, 11) is 2.21. The number of fused-ring (bicyclic) bond motifs is 3. The summed E-state index contributed by atoms with van der Waals surface area (Å²) in [6.07, 6.45) is 1.13. The molecule has 3 aromatic rings. The Morgan fingerprint density at radius 1 is 1.09 bits per heavy atom. The van der Waals surface area contributed by atoms with Crippen LogP contribution in [0.4, 0.5) is 0 Å². The second-order valence-corrected chi connectivity index (χ2v) is 7.72. The van der Waals surface area contributed by atoms with Crippen LogP contribution in [0.5, 0.6) is 0 Å². The topological polar surface area (TPSA) is 30.9 Å². The minimum absolute atomic E-state index is 0.365. The van der Waals surface area contributed by atoms with Gasteiger partial charge < -0.3 is 10.3 Å². The predicted molar refractivity (Wildman–Crippen MR) is 98.8 cm³/mol. The Morgan fingerprint density at radius 3 is 2.57 bits per heavy atom. The number of hydrogen-bond donors (Lipinski definition) is 1. The Hall–Kier alpha value is -1.80. The third-order valence-corrected chi connectivity index (χ3v) is 6.26. The molecule has 1 heterocycles. The molecular weight excluding hydrogens is 280 g/mol. The standard InChI is InChI=1S/C21H26N2/c1-13-18(19-17(11-12-22)21(19,2)3)16-10-9-14-7-5-6-8-15(14)20(16)23(13)4/h5-10,17,19H,11-12,22H2,1-4H3/t17-,19-/m1/s1. The molecule has 0 unspecified atom stereocenters. The first kappa shape index (κ1) is 14.8. The average molecular weight is 306 g/mol. The molecule has 0 amide bonds. The number of aromatic nitrogens is 1. The smallest absolute Gasteiger partial charge is 0.0562 e. The quantitative estimate of drug-likeness (QED) is 0.745. The summed E-state index contributed by atoms with van der Waals surface area (Å²) in [5.74, 6) is 1.35. The minimum Gasteiger partial charge on any atom is -0.347 e. The normalized spacial score (nSPS) is 22.8. The largest absolute Gasteiger partial charge is 0.347 e. The van der Waals surface area contributed by atoms with Crippen LogP contribution in [0.15, 0.2) is 36.4 Å². The summed E-state index contributed by atoms with van der Waals surface area (Å²) < 4.78 is 2.39. The van der Waals surface area contributed by atoms with Gasteiger partial charge in [-0.05, 0) is 48.1 Å². The van der Waals surface area contributed by atoms with Gasteiger partial charge in [0.2, 0.25) is 0 Å². The van der Waals surface area contributed by atoms with Gasteiger partial charge in [0.25, 0.3) is 0 Å². The van der Waals surface area contributed by atoms with Crippen LogP contribution in [0.3, 0.4) is 0 Å². The molecular formula is C21H26N2. The number of hydrogen-bond acceptors (Lipinski definition) is 1. The fourth-order valence-corrected chi connectivity index (χ4v) is 4.81. The first-order valence-electron chi connectivity index (χ1n) is 8.65. The third kappa shape index (κ3) is 1.91. The molecule has 2 N–H and O–H groups in total. The van der Waals surface area contributed by atoms with Crippen molar-refractivity contribution in [3.63, 3.8) is 0 Å². The number of aryl methyl sites for hydroxylation is 1. The molecule has 1 fully saturated rings. The molecule has 0 radical (unpaired) electrons. The summed E-state index contributed by atoms with van der Waals surface area (Å²) in [5.41, 5.74) is 10.6. The lowest BCUT2D eigenvalue weighted by Crippen LogP contribution is -2.02. The van der Waals surface area contributed by atoms with E-state index in [1.807, 2.05) is 0 Å². The Balaban J connectivity index is 1.99. The summed E-state index contributed by atoms with van der Waals surface area (Å²) >= 11 is 0. The Kier molecular flexibility index (Phi) is 3.11. The maximum Gasteiger partial charge on any atom is 0.0562 e. The van der Waals surface area contributed by atoms with Crippen LogP contribution >= 0.6 is 0 Å². The highest BCUT2D eigenvalue weighted by atomic mass is 15.0. The monoisotopic (exact) mass is 306 g/mol. The first-order valence-corrected chi connectivity index (χ1v) is 8.65. The zero-order valence-electron chi connectivity index (χ0n) is 14.6. The van der Waals surface area contributed by atoms with Crippen LogP contribution < -0.4 is 5.73 Å². The van der Waals surface area contributed by atoms with E-state index >= 15 is 0 Å². The van der Waals surface area contributed by atoms with Gasteiger partial charge in [-0.25, -0.2) is 0 Å². The number of benzene rings is 2. The molecule has 1 aromatic heterocycles. The number of nitrogens with two attached hydrogens (primary N) is 1. The van der Waals surface area contributed by atoms with Crippen LogP contribution in [-0.4, -0.2) is 11.1 Å². The van der Waals surface area contributed by atoms with Gasteiger partial charge in [-0.3, -0.25) is 0 Å². The highest BCUT2D eigenvalue weighted by molar-refractivity contribution is 6.07. The van der Waals surface area contributed by atoms with E-state index in [2.05, 4.69) is 68.8 Å². The molecule has 1 aliphatic rings. The van der Waals surface area contributed by atoms with E-state index in [0.29, 0.717) is 17.3 Å². The summed E-state index contributed by atoms with van der Waals surface area (Å²) in [6.45, 7) is 7.87. The Labute approximate surface area is 138 Å². The van der Waals surface area contributed by atoms with Gasteiger partial charge in [0, 0.05) is 23.5 Å². The lowest BCUT2D eigenvalue weighted by atomic mass is 9.98. The SMILES string of the molecule is Cc1c([C@H]2[C@@H](CCN)C2(C)C)c2ccc3ccccc3c2n1C. The van der Waals surface area contributed by atoms with Crippen LogP contribution in [0, 0.1) is 18.3 Å². The lowest BCUT2D eigenvalue weighted by molar-refractivity contribution is 0.534. The molecule has 0 saturated heterocycles. The van der Waals surface area contributed by atoms with Crippen molar-refractivity contribution in [2.75, 3.05) is 6.54 Å². The molecule has 1 saturated carbocycles. The highest BCUT2D eigenvalue weighted by Crippen LogP contribution is 2.67. The second-order valence-electron chi connectivity index (χ2n) is 7.72. The Bertz CT molecular complexity index is 901. The van der Waals surface area contributed by atoms with Crippen molar-refractivity contribution < 1.29 is 0 Å². The molecule has 0 bridgehead atoms. The van der Waals surface area contributed by atoms with E-state index in [-0.39, 0.29) is 0 Å². The Morgan fingerprint density at radius 2 is 1.83 bits per heavy atom. The molecule has 0 spiro atoms. The van der Waals surface area contributed by atoms with Crippen molar-refractivity contribution in [2.24, 2.45) is 24.1 Å². The highest BCUT2D eigenvalue weighted by Gasteiger charge is 2.58. The molecule has 0 aliphatic heterocycles. The molecule has 4 rings (SSSR count). The molecule has 2 atom stereocenters. The van der Waals surface area contributed by atoms with E-state index in [9.17, 15) is 0 Å². The van der Waals surface area contributed by atoms with Crippen LogP contribution in [0.25, 0.3) is 21.7 Å². The van der Waals surface area contributed by atoms with Gasteiger partial charge in [-0.1, -0.05) is 50.2 Å². The summed E-state index contributed by atoms with van der Waals surface area (Å²) in [4.78, 5) is 0. The summed E-state index contributed by atoms with van der Waals surface area (Å²) in [5, 5.41) is 4.11. The van der Waals surface area contributed by atoms with E-state index in [1.165, 1.54) is 27.4 Å². The first-order chi connectivity index (χ1) is 11.0. The van der Waals surface area contributed by atoms with E-state index in [1.54, 1.807) is 5.56 Å². The van der Waals surface area contributed by atoms with Crippen molar-refractivity contribution in [2.45, 2.75) is 33.1 Å². The van der Waals surface area contributed by atoms with E-state index in [4.69, 9.17) is 5.73 Å². The van der Waals surface area contributed by atoms with Gasteiger partial charge in [0.1, 0.15) is 0 Å². The molecule has 2 aromatic carbocycles. The van der Waals surface area contributed by atoms with Crippen molar-refractivity contribution in [1.82, 2.24) is 4.57 Å². The number of rotatable bonds is 3. The zero-order chi connectivity index (χ0) is 16.4. The van der Waals surface area contributed by atoms with Crippen LogP contribution in [-0.2, 0) is 7.05 Å². The fourth-order valence-electron chi connectivity index (χ4n) is 4.81.